The summed E-state index contributed by atoms with van der Waals surface area (Å²) in [6.45, 7) is 8.68. The van der Waals surface area contributed by atoms with Gasteiger partial charge >= 0.3 is 0 Å². The molecule has 0 nitrogen and oxygen atoms in total. The van der Waals surface area contributed by atoms with Crippen LogP contribution in [0.4, 0.5) is 0 Å². The van der Waals surface area contributed by atoms with Crippen molar-refractivity contribution < 1.29 is 0 Å². The molecule has 0 radical (unpaired) electrons. The van der Waals surface area contributed by atoms with Crippen LogP contribution in [0, 0.1) is 0 Å². The highest BCUT2D eigenvalue weighted by Gasteiger charge is 1.91. The highest BCUT2D eigenvalue weighted by atomic mass is 14.0. The first-order valence-corrected chi connectivity index (χ1v) is 4.07. The van der Waals surface area contributed by atoms with Crippen LogP contribution in [0.5, 0.6) is 0 Å². The quantitative estimate of drug-likeness (QED) is 0.522. The van der Waals surface area contributed by atoms with Crippen LogP contribution in [0.2, 0.25) is 0 Å². The summed E-state index contributed by atoms with van der Waals surface area (Å²) in [6.07, 6.45) is 6.65. The molecule has 0 saturated carbocycles. The fraction of sp³-hybridized carbons (Fsp3) is 0.600. The monoisotopic (exact) mass is 138 g/mol. The molecular weight excluding hydrogens is 120 g/mol. The minimum atomic E-state index is 1.16. The maximum Gasteiger partial charge on any atom is -0.0308 e. The van der Waals surface area contributed by atoms with Crippen LogP contribution < -0.4 is 0 Å². The summed E-state index contributed by atoms with van der Waals surface area (Å²) >= 11 is 0. The van der Waals surface area contributed by atoms with E-state index in [2.05, 4.69) is 39.8 Å². The summed E-state index contributed by atoms with van der Waals surface area (Å²) in [6, 6.07) is 0. The largest absolute Gasteiger partial charge is 0.0874 e. The second-order valence-electron chi connectivity index (χ2n) is 2.51. The van der Waals surface area contributed by atoms with Gasteiger partial charge in [-0.1, -0.05) is 31.6 Å². The second kappa shape index (κ2) is 5.28. The van der Waals surface area contributed by atoms with Gasteiger partial charge in [0.1, 0.15) is 0 Å². The zero-order valence-electron chi connectivity index (χ0n) is 7.57. The average Bonchev–Trinajstić information content (AvgIpc) is 1.99. The first kappa shape index (κ1) is 9.48. The van der Waals surface area contributed by atoms with Crippen LogP contribution >= 0.6 is 0 Å². The highest BCUT2D eigenvalue weighted by molar-refractivity contribution is 5.23. The summed E-state index contributed by atoms with van der Waals surface area (Å²) in [5, 5.41) is 0. The Morgan fingerprint density at radius 3 is 2.10 bits per heavy atom. The number of hydrogen-bond acceptors (Lipinski definition) is 0. The Morgan fingerprint density at radius 2 is 1.80 bits per heavy atom. The molecule has 58 valence electrons. The van der Waals surface area contributed by atoms with Gasteiger partial charge in [-0.25, -0.2) is 0 Å². The Kier molecular flexibility index (Phi) is 5.00. The summed E-state index contributed by atoms with van der Waals surface area (Å²) in [7, 11) is 0. The molecule has 0 aromatic rings. The van der Waals surface area contributed by atoms with Gasteiger partial charge in [0.25, 0.3) is 0 Å². The molecule has 0 heterocycles. The Balaban J connectivity index is 4.29. The minimum Gasteiger partial charge on any atom is -0.0874 e. The Hall–Kier alpha value is -0.520. The predicted molar refractivity (Wildman–Crippen MR) is 48.1 cm³/mol. The lowest BCUT2D eigenvalue weighted by Crippen LogP contribution is -1.81. The zero-order valence-corrected chi connectivity index (χ0v) is 7.57. The van der Waals surface area contributed by atoms with E-state index in [4.69, 9.17) is 0 Å². The first-order valence-electron chi connectivity index (χ1n) is 4.07. The van der Waals surface area contributed by atoms with Crippen LogP contribution in [0.15, 0.2) is 23.3 Å². The molecule has 0 N–H and O–H groups in total. The van der Waals surface area contributed by atoms with Gasteiger partial charge < -0.3 is 0 Å². The van der Waals surface area contributed by atoms with Crippen molar-refractivity contribution in [3.8, 4) is 0 Å². The fourth-order valence-corrected chi connectivity index (χ4v) is 0.990. The van der Waals surface area contributed by atoms with Gasteiger partial charge in [0.15, 0.2) is 0 Å². The summed E-state index contributed by atoms with van der Waals surface area (Å²) in [5.74, 6) is 0. The van der Waals surface area contributed by atoms with E-state index in [1.165, 1.54) is 17.6 Å². The lowest BCUT2D eigenvalue weighted by molar-refractivity contribution is 1.01. The van der Waals surface area contributed by atoms with Crippen molar-refractivity contribution in [3.63, 3.8) is 0 Å². The van der Waals surface area contributed by atoms with Gasteiger partial charge in [-0.3, -0.25) is 0 Å². The molecule has 0 unspecified atom stereocenters. The van der Waals surface area contributed by atoms with Crippen molar-refractivity contribution in [2.24, 2.45) is 0 Å². The number of allylic oxidation sites excluding steroid dienone is 4. The van der Waals surface area contributed by atoms with Gasteiger partial charge in [0.05, 0.1) is 0 Å². The molecule has 0 aliphatic heterocycles. The van der Waals surface area contributed by atoms with Gasteiger partial charge in [0.2, 0.25) is 0 Å². The van der Waals surface area contributed by atoms with Crippen LogP contribution in [-0.2, 0) is 0 Å². The smallest absolute Gasteiger partial charge is 0.0308 e. The third-order valence-electron chi connectivity index (χ3n) is 1.83. The highest BCUT2D eigenvalue weighted by Crippen LogP contribution is 2.12. The minimum absolute atomic E-state index is 1.16. The van der Waals surface area contributed by atoms with E-state index in [1.54, 1.807) is 0 Å². The van der Waals surface area contributed by atoms with Crippen molar-refractivity contribution in [2.45, 2.75) is 40.5 Å². The van der Waals surface area contributed by atoms with E-state index in [1.807, 2.05) is 0 Å². The lowest BCUT2D eigenvalue weighted by atomic mass is 10.1. The standard InChI is InChI=1S/C10H18/c1-5-8-10(7-3)9(4)6-2/h5,8H,6-7H2,1-4H3. The Morgan fingerprint density at radius 1 is 1.20 bits per heavy atom. The Labute approximate surface area is 64.6 Å². The van der Waals surface area contributed by atoms with Crippen LogP contribution in [0.1, 0.15) is 40.5 Å². The van der Waals surface area contributed by atoms with E-state index in [-0.39, 0.29) is 0 Å². The van der Waals surface area contributed by atoms with Crippen molar-refractivity contribution in [2.75, 3.05) is 0 Å². The summed E-state index contributed by atoms with van der Waals surface area (Å²) in [4.78, 5) is 0. The molecule has 0 aromatic heterocycles. The van der Waals surface area contributed by atoms with Crippen molar-refractivity contribution in [3.05, 3.63) is 23.3 Å². The molecule has 0 aliphatic carbocycles. The lowest BCUT2D eigenvalue weighted by Gasteiger charge is -2.01. The maximum atomic E-state index is 2.21. The van der Waals surface area contributed by atoms with Crippen LogP contribution in [0.3, 0.4) is 0 Å². The molecule has 0 bridgehead atoms. The van der Waals surface area contributed by atoms with Gasteiger partial charge in [-0.05, 0) is 32.3 Å². The first-order chi connectivity index (χ1) is 4.76. The molecular formula is C10H18. The molecule has 0 fully saturated rings. The molecule has 10 heavy (non-hydrogen) atoms. The van der Waals surface area contributed by atoms with Crippen molar-refractivity contribution in [1.29, 1.82) is 0 Å². The molecule has 0 atom stereocenters. The van der Waals surface area contributed by atoms with Crippen LogP contribution in [0.25, 0.3) is 0 Å². The maximum absolute atomic E-state index is 2.21. The molecule has 0 aliphatic rings. The normalized spacial score (nSPS) is 14.0. The molecule has 0 amide bonds. The second-order valence-corrected chi connectivity index (χ2v) is 2.51. The Bertz CT molecular complexity index is 138. The summed E-state index contributed by atoms with van der Waals surface area (Å²) < 4.78 is 0. The average molecular weight is 138 g/mol. The zero-order chi connectivity index (χ0) is 7.98. The third kappa shape index (κ3) is 2.86. The number of hydrogen-bond donors (Lipinski definition) is 0. The summed E-state index contributed by atoms with van der Waals surface area (Å²) in [5.41, 5.74) is 3.01. The van der Waals surface area contributed by atoms with E-state index >= 15 is 0 Å². The van der Waals surface area contributed by atoms with Gasteiger partial charge in [-0.2, -0.15) is 0 Å². The third-order valence-corrected chi connectivity index (χ3v) is 1.83. The van der Waals surface area contributed by atoms with E-state index in [9.17, 15) is 0 Å². The van der Waals surface area contributed by atoms with Crippen molar-refractivity contribution in [1.82, 2.24) is 0 Å². The van der Waals surface area contributed by atoms with Gasteiger partial charge in [0, 0.05) is 0 Å². The fourth-order valence-electron chi connectivity index (χ4n) is 0.990. The topological polar surface area (TPSA) is 0 Å². The van der Waals surface area contributed by atoms with Gasteiger partial charge in [-0.15, -0.1) is 0 Å². The molecule has 0 aromatic carbocycles. The number of rotatable bonds is 3. The molecule has 0 saturated heterocycles. The van der Waals surface area contributed by atoms with E-state index in [0.29, 0.717) is 0 Å². The molecule has 0 rings (SSSR count). The SMILES string of the molecule is CC=CC(CC)=C(C)CC. The predicted octanol–water partition coefficient (Wildman–Crippen LogP) is 3.70. The molecule has 0 spiro atoms. The van der Waals surface area contributed by atoms with Crippen LogP contribution in [-0.4, -0.2) is 0 Å². The van der Waals surface area contributed by atoms with E-state index < -0.39 is 0 Å². The molecule has 0 heteroatoms. The van der Waals surface area contributed by atoms with Crippen molar-refractivity contribution >= 4 is 0 Å². The van der Waals surface area contributed by atoms with E-state index in [0.717, 1.165) is 6.42 Å².